The number of hydrogen-bond donors (Lipinski definition) is 0. The third kappa shape index (κ3) is 9.41. The van der Waals surface area contributed by atoms with Crippen LogP contribution in [0.4, 0.5) is 0 Å². The summed E-state index contributed by atoms with van der Waals surface area (Å²) in [5.41, 5.74) is 0.336. The zero-order valence-corrected chi connectivity index (χ0v) is 24.1. The minimum absolute atomic E-state index is 0.0788. The molecule has 0 radical (unpaired) electrons. The van der Waals surface area contributed by atoms with E-state index in [9.17, 15) is 9.36 Å². The van der Waals surface area contributed by atoms with Crippen LogP contribution >= 0.6 is 37.7 Å². The van der Waals surface area contributed by atoms with Crippen molar-refractivity contribution in [1.29, 1.82) is 0 Å². The van der Waals surface area contributed by atoms with Gasteiger partial charge >= 0.3 is 13.6 Å². The van der Waals surface area contributed by atoms with E-state index in [2.05, 4.69) is 21.2 Å². The summed E-state index contributed by atoms with van der Waals surface area (Å²) in [4.78, 5) is 12.5. The lowest BCUT2D eigenvalue weighted by Gasteiger charge is -2.23. The molecular formula is C24H32IO7PS. The Morgan fingerprint density at radius 3 is 2.00 bits per heavy atom. The second-order valence-electron chi connectivity index (χ2n) is 8.21. The van der Waals surface area contributed by atoms with E-state index < -0.39 is 13.6 Å². The summed E-state index contributed by atoms with van der Waals surface area (Å²) in [5, 5.41) is 0.441. The van der Waals surface area contributed by atoms with E-state index >= 15 is 0 Å². The summed E-state index contributed by atoms with van der Waals surface area (Å²) in [6.07, 6.45) is -0.611. The molecule has 2 aromatic rings. The number of carbonyl (C=O) groups is 1. The van der Waals surface area contributed by atoms with Gasteiger partial charge in [0.2, 0.25) is 0 Å². The first-order valence-corrected chi connectivity index (χ1v) is 16.1. The molecule has 0 fully saturated rings. The number of halogens is 1. The molecule has 34 heavy (non-hydrogen) atoms. The first kappa shape index (κ1) is 29.0. The topological polar surface area (TPSA) is 80.3 Å². The molecule has 0 unspecified atom stereocenters. The zero-order valence-electron chi connectivity index (χ0n) is 20.3. The third-order valence-corrected chi connectivity index (χ3v) is 7.94. The summed E-state index contributed by atoms with van der Waals surface area (Å²) in [6, 6.07) is 11.6. The molecule has 0 aliphatic rings. The van der Waals surface area contributed by atoms with Crippen molar-refractivity contribution in [3.63, 3.8) is 0 Å². The Labute approximate surface area is 218 Å². The number of rotatable bonds is 13. The zero-order chi connectivity index (χ0) is 25.3. The van der Waals surface area contributed by atoms with Crippen molar-refractivity contribution in [3.05, 3.63) is 48.0 Å². The second kappa shape index (κ2) is 13.7. The lowest BCUT2D eigenvalue weighted by Crippen LogP contribution is -2.16. The number of benzene rings is 2. The maximum atomic E-state index is 13.3. The van der Waals surface area contributed by atoms with Crippen LogP contribution in [-0.2, 0) is 18.3 Å². The average Bonchev–Trinajstić information content (AvgIpc) is 2.72. The van der Waals surface area contributed by atoms with Gasteiger partial charge in [0.15, 0.2) is 0 Å². The summed E-state index contributed by atoms with van der Waals surface area (Å²) in [5.74, 6) is 1.67. The van der Waals surface area contributed by atoms with Crippen LogP contribution in [0.5, 0.6) is 17.2 Å². The molecule has 0 heterocycles. The highest BCUT2D eigenvalue weighted by molar-refractivity contribution is 14.2. The maximum Gasteiger partial charge on any atom is 0.361 e. The van der Waals surface area contributed by atoms with E-state index in [1.165, 1.54) is 0 Å². The highest BCUT2D eigenvalue weighted by Crippen LogP contribution is 2.49. The van der Waals surface area contributed by atoms with Crippen LogP contribution in [0.2, 0.25) is 0 Å². The molecule has 2 rings (SSSR count). The van der Waals surface area contributed by atoms with Crippen LogP contribution in [0.15, 0.2) is 42.5 Å². The van der Waals surface area contributed by atoms with E-state index in [0.717, 1.165) is 0 Å². The van der Waals surface area contributed by atoms with E-state index in [0.29, 0.717) is 40.5 Å². The van der Waals surface area contributed by atoms with E-state index in [1.807, 2.05) is 41.5 Å². The van der Waals surface area contributed by atoms with Crippen LogP contribution in [0.25, 0.3) is 0 Å². The predicted molar refractivity (Wildman–Crippen MR) is 145 cm³/mol. The molecule has 0 aliphatic heterocycles. The van der Waals surface area contributed by atoms with Crippen LogP contribution in [-0.4, -0.2) is 36.6 Å². The molecule has 10 heteroatoms. The van der Waals surface area contributed by atoms with Crippen molar-refractivity contribution in [2.45, 2.75) is 59.9 Å². The van der Waals surface area contributed by atoms with Gasteiger partial charge in [0.25, 0.3) is 0 Å². The Bertz CT molecular complexity index is 966. The smallest absolute Gasteiger partial charge is 0.361 e. The Balaban J connectivity index is 2.28. The van der Waals surface area contributed by atoms with Crippen LogP contribution in [0.1, 0.15) is 51.9 Å². The van der Waals surface area contributed by atoms with Crippen LogP contribution in [0.3, 0.4) is 0 Å². The van der Waals surface area contributed by atoms with Gasteiger partial charge < -0.3 is 23.3 Å². The molecule has 0 N–H and O–H groups in total. The largest absolute Gasteiger partial charge is 0.491 e. The van der Waals surface area contributed by atoms with Gasteiger partial charge in [-0.2, -0.15) is 0 Å². The molecule has 7 nitrogen and oxygen atoms in total. The van der Waals surface area contributed by atoms with Gasteiger partial charge in [0.1, 0.15) is 23.9 Å². The summed E-state index contributed by atoms with van der Waals surface area (Å²) in [6.45, 7) is 11.4. The summed E-state index contributed by atoms with van der Waals surface area (Å²) < 4.78 is 41.7. The van der Waals surface area contributed by atoms with E-state index in [1.54, 1.807) is 51.4 Å². The van der Waals surface area contributed by atoms with Crippen molar-refractivity contribution >= 4 is 49.0 Å². The number of hydrogen-bond acceptors (Lipinski definition) is 8. The molecule has 0 aliphatic carbocycles. The maximum absolute atomic E-state index is 13.3. The molecule has 188 valence electrons. The van der Waals surface area contributed by atoms with Crippen molar-refractivity contribution in [2.75, 3.05) is 12.4 Å². The molecule has 0 atom stereocenters. The number of esters is 1. The van der Waals surface area contributed by atoms with E-state index in [4.69, 9.17) is 23.3 Å². The highest BCUT2D eigenvalue weighted by Gasteiger charge is 2.30. The summed E-state index contributed by atoms with van der Waals surface area (Å²) >= 11 is 2.16. The third-order valence-electron chi connectivity index (χ3n) is 3.97. The number of carbonyl (C=O) groups excluding carboxylic acids is 1. The lowest BCUT2D eigenvalue weighted by molar-refractivity contribution is 0.0529. The van der Waals surface area contributed by atoms with Crippen molar-refractivity contribution in [1.82, 2.24) is 0 Å². The predicted octanol–water partition coefficient (Wildman–Crippen LogP) is 7.17. The molecule has 0 saturated carbocycles. The van der Waals surface area contributed by atoms with Gasteiger partial charge in [0, 0.05) is 11.8 Å². The first-order valence-electron chi connectivity index (χ1n) is 11.0. The minimum atomic E-state index is -3.48. The molecule has 0 aromatic heterocycles. The van der Waals surface area contributed by atoms with Gasteiger partial charge in [-0.05, 0) is 99.1 Å². The standard InChI is InChI=1S/C24H32IO7PS/c1-16(2)29-21-13-19(24(26)28-11-12-34-25)14-22(15-21)30-20-7-9-23(10-8-20)33(27,31-17(3)4)32-18(5)6/h7-10,13-18H,11-12H2,1-6H3. The van der Waals surface area contributed by atoms with Crippen molar-refractivity contribution in [3.8, 4) is 17.2 Å². The van der Waals surface area contributed by atoms with Gasteiger partial charge in [-0.1, -0.05) is 8.93 Å². The first-order chi connectivity index (χ1) is 16.0. The quantitative estimate of drug-likeness (QED) is 0.101. The SMILES string of the molecule is CC(C)Oc1cc(Oc2ccc(P(=O)(OC(C)C)OC(C)C)cc2)cc(C(=O)OCCSI)c1. The molecule has 0 bridgehead atoms. The average molecular weight is 622 g/mol. The Kier molecular flexibility index (Phi) is 11.7. The minimum Gasteiger partial charge on any atom is -0.491 e. The lowest BCUT2D eigenvalue weighted by atomic mass is 10.2. The van der Waals surface area contributed by atoms with Gasteiger partial charge in [0.05, 0.1) is 29.2 Å². The summed E-state index contributed by atoms with van der Waals surface area (Å²) in [7, 11) is -1.91. The molecule has 0 saturated heterocycles. The van der Waals surface area contributed by atoms with Gasteiger partial charge in [-0.3, -0.25) is 4.57 Å². The molecule has 2 aromatic carbocycles. The second-order valence-corrected chi connectivity index (χ2v) is 12.6. The van der Waals surface area contributed by atoms with Crippen molar-refractivity contribution in [2.24, 2.45) is 0 Å². The molecular weight excluding hydrogens is 590 g/mol. The molecule has 0 spiro atoms. The Morgan fingerprint density at radius 1 is 0.882 bits per heavy atom. The molecule has 0 amide bonds. The fourth-order valence-electron chi connectivity index (χ4n) is 2.87. The van der Waals surface area contributed by atoms with Crippen LogP contribution in [0, 0.1) is 0 Å². The highest BCUT2D eigenvalue weighted by atomic mass is 127. The number of ether oxygens (including phenoxy) is 3. The van der Waals surface area contributed by atoms with E-state index in [-0.39, 0.29) is 18.3 Å². The fraction of sp³-hybridized carbons (Fsp3) is 0.458. The normalized spacial score (nSPS) is 11.8. The van der Waals surface area contributed by atoms with Crippen molar-refractivity contribution < 1.29 is 32.6 Å². The monoisotopic (exact) mass is 622 g/mol. The van der Waals surface area contributed by atoms with Gasteiger partial charge in [-0.15, -0.1) is 0 Å². The Hall–Kier alpha value is -1.26. The fourth-order valence-corrected chi connectivity index (χ4v) is 5.48. The van der Waals surface area contributed by atoms with Gasteiger partial charge in [-0.25, -0.2) is 4.79 Å². The van der Waals surface area contributed by atoms with Crippen LogP contribution < -0.4 is 14.8 Å². The Morgan fingerprint density at radius 2 is 1.47 bits per heavy atom.